The van der Waals surface area contributed by atoms with Crippen molar-refractivity contribution in [2.75, 3.05) is 0 Å². The molecule has 1 N–H and O–H groups in total. The zero-order chi connectivity index (χ0) is 13.5. The van der Waals surface area contributed by atoms with E-state index < -0.39 is 10.0 Å². The molecule has 0 saturated carbocycles. The number of nitrogens with one attached hydrogen (secondary N) is 1. The fraction of sp³-hybridized carbons (Fsp3) is 0.333. The fourth-order valence-corrected chi connectivity index (χ4v) is 5.93. The summed E-state index contributed by atoms with van der Waals surface area (Å²) in [5.74, 6) is 0.893. The summed E-state index contributed by atoms with van der Waals surface area (Å²) in [6.07, 6.45) is 4.23. The van der Waals surface area contributed by atoms with Crippen molar-refractivity contribution in [2.24, 2.45) is 0 Å². The third-order valence-electron chi connectivity index (χ3n) is 3.18. The lowest BCUT2D eigenvalue weighted by Gasteiger charge is -2.22. The monoisotopic (exact) mass is 361 g/mol. The lowest BCUT2D eigenvalue weighted by Crippen LogP contribution is -2.30. The van der Waals surface area contributed by atoms with Crippen LogP contribution in [-0.4, -0.2) is 8.42 Å². The molecule has 7 heteroatoms. The van der Waals surface area contributed by atoms with Crippen LogP contribution in [0.15, 0.2) is 36.9 Å². The molecular weight excluding hydrogens is 350 g/mol. The summed E-state index contributed by atoms with van der Waals surface area (Å²) in [7, 11) is -3.49. The topological polar surface area (TPSA) is 59.3 Å². The quantitative estimate of drug-likeness (QED) is 0.910. The molecule has 0 radical (unpaired) electrons. The first-order chi connectivity index (χ1) is 9.08. The second-order valence-corrected chi connectivity index (χ2v) is 8.10. The number of aryl methyl sites for hydroxylation is 1. The van der Waals surface area contributed by atoms with Gasteiger partial charge in [0.05, 0.1) is 12.3 Å². The van der Waals surface area contributed by atoms with Gasteiger partial charge in [0.1, 0.15) is 9.97 Å². The first-order valence-corrected chi connectivity index (χ1v) is 9.05. The number of fused-ring (bicyclic) bond motifs is 1. The van der Waals surface area contributed by atoms with Gasteiger partial charge in [-0.15, -0.1) is 11.3 Å². The second kappa shape index (κ2) is 5.05. The molecule has 0 saturated heterocycles. The minimum absolute atomic E-state index is 0.193. The Balaban J connectivity index is 1.90. The molecule has 1 aliphatic rings. The van der Waals surface area contributed by atoms with Crippen LogP contribution < -0.4 is 4.72 Å². The van der Waals surface area contributed by atoms with Gasteiger partial charge < -0.3 is 4.42 Å². The maximum absolute atomic E-state index is 12.4. The molecule has 0 amide bonds. The molecule has 0 aromatic carbocycles. The average Bonchev–Trinajstić information content (AvgIpc) is 2.97. The third-order valence-corrected chi connectivity index (χ3v) is 7.32. The Morgan fingerprint density at radius 1 is 1.42 bits per heavy atom. The number of furan rings is 1. The van der Waals surface area contributed by atoms with E-state index in [0.29, 0.717) is 8.68 Å². The van der Waals surface area contributed by atoms with E-state index in [-0.39, 0.29) is 6.04 Å². The van der Waals surface area contributed by atoms with Gasteiger partial charge in [0, 0.05) is 16.5 Å². The highest BCUT2D eigenvalue weighted by molar-refractivity contribution is 9.10. The van der Waals surface area contributed by atoms with Gasteiger partial charge in [-0.05, 0) is 46.3 Å². The Bertz CT molecular complexity index is 689. The van der Waals surface area contributed by atoms with Crippen LogP contribution in [0.2, 0.25) is 0 Å². The van der Waals surface area contributed by atoms with E-state index in [9.17, 15) is 8.42 Å². The molecule has 3 rings (SSSR count). The second-order valence-electron chi connectivity index (χ2n) is 4.42. The Morgan fingerprint density at radius 3 is 3.00 bits per heavy atom. The normalized spacial score (nSPS) is 19.3. The number of halogens is 1. The highest BCUT2D eigenvalue weighted by atomic mass is 79.9. The van der Waals surface area contributed by atoms with Gasteiger partial charge in [0.25, 0.3) is 10.0 Å². The lowest BCUT2D eigenvalue weighted by molar-refractivity contribution is 0.438. The molecule has 1 unspecified atom stereocenters. The van der Waals surface area contributed by atoms with Crippen LogP contribution in [0.5, 0.6) is 0 Å². The zero-order valence-corrected chi connectivity index (χ0v) is 13.1. The Labute approximate surface area is 124 Å². The Kier molecular flexibility index (Phi) is 3.55. The number of rotatable bonds is 3. The summed E-state index contributed by atoms with van der Waals surface area (Å²) in [5, 5.41) is 1.75. The summed E-state index contributed by atoms with van der Waals surface area (Å²) in [6, 6.07) is 3.40. The minimum atomic E-state index is -3.49. The first kappa shape index (κ1) is 13.4. The van der Waals surface area contributed by atoms with Gasteiger partial charge in [-0.25, -0.2) is 13.1 Å². The van der Waals surface area contributed by atoms with Crippen molar-refractivity contribution in [2.45, 2.75) is 29.5 Å². The summed E-state index contributed by atoms with van der Waals surface area (Å²) < 4.78 is 33.8. The highest BCUT2D eigenvalue weighted by Gasteiger charge is 2.28. The molecule has 1 aliphatic carbocycles. The smallest absolute Gasteiger partial charge is 0.251 e. The summed E-state index contributed by atoms with van der Waals surface area (Å²) in [6.45, 7) is 0. The molecule has 0 spiro atoms. The molecule has 2 heterocycles. The van der Waals surface area contributed by atoms with Crippen molar-refractivity contribution in [3.63, 3.8) is 0 Å². The predicted octanol–water partition coefficient (Wildman–Crippen LogP) is 3.46. The number of hydrogen-bond donors (Lipinski definition) is 1. The van der Waals surface area contributed by atoms with E-state index >= 15 is 0 Å². The maximum Gasteiger partial charge on any atom is 0.251 e. The zero-order valence-electron chi connectivity index (χ0n) is 9.93. The lowest BCUT2D eigenvalue weighted by atomic mass is 9.94. The SMILES string of the molecule is O=S(=O)(NC1CCCc2occc21)c1sccc1Br. The standard InChI is InChI=1S/C12H12BrNO3S2/c13-9-5-7-18-12(9)19(15,16)14-10-2-1-3-11-8(10)4-6-17-11/h4-7,10,14H,1-3H2. The molecule has 4 nitrogen and oxygen atoms in total. The number of thiophene rings is 1. The van der Waals surface area contributed by atoms with Crippen molar-refractivity contribution in [1.29, 1.82) is 0 Å². The van der Waals surface area contributed by atoms with Gasteiger partial charge in [0.15, 0.2) is 0 Å². The molecule has 19 heavy (non-hydrogen) atoms. The largest absolute Gasteiger partial charge is 0.469 e. The molecule has 0 bridgehead atoms. The molecule has 2 aromatic rings. The van der Waals surface area contributed by atoms with Crippen molar-refractivity contribution in [1.82, 2.24) is 4.72 Å². The van der Waals surface area contributed by atoms with Crippen molar-refractivity contribution < 1.29 is 12.8 Å². The molecule has 1 atom stereocenters. The number of sulfonamides is 1. The van der Waals surface area contributed by atoms with Crippen LogP contribution >= 0.6 is 27.3 Å². The average molecular weight is 362 g/mol. The van der Waals surface area contributed by atoms with Crippen LogP contribution in [0.3, 0.4) is 0 Å². The van der Waals surface area contributed by atoms with Gasteiger partial charge in [-0.2, -0.15) is 0 Å². The van der Waals surface area contributed by atoms with Gasteiger partial charge >= 0.3 is 0 Å². The summed E-state index contributed by atoms with van der Waals surface area (Å²) in [5.41, 5.74) is 0.961. The molecule has 102 valence electrons. The fourth-order valence-electron chi connectivity index (χ4n) is 2.32. The first-order valence-electron chi connectivity index (χ1n) is 5.89. The predicted molar refractivity (Wildman–Crippen MR) is 76.7 cm³/mol. The Morgan fingerprint density at radius 2 is 2.26 bits per heavy atom. The van der Waals surface area contributed by atoms with Crippen LogP contribution in [-0.2, 0) is 16.4 Å². The van der Waals surface area contributed by atoms with Crippen LogP contribution in [0.1, 0.15) is 30.2 Å². The van der Waals surface area contributed by atoms with Gasteiger partial charge in [0.2, 0.25) is 0 Å². The van der Waals surface area contributed by atoms with Crippen LogP contribution in [0.25, 0.3) is 0 Å². The number of hydrogen-bond acceptors (Lipinski definition) is 4. The van der Waals surface area contributed by atoms with E-state index in [4.69, 9.17) is 4.42 Å². The van der Waals surface area contributed by atoms with E-state index in [2.05, 4.69) is 20.7 Å². The van der Waals surface area contributed by atoms with Crippen molar-refractivity contribution >= 4 is 37.3 Å². The molecule has 2 aromatic heterocycles. The molecular formula is C12H12BrNO3S2. The molecule has 0 fully saturated rings. The summed E-state index contributed by atoms with van der Waals surface area (Å²) >= 11 is 4.47. The molecule has 0 aliphatic heterocycles. The van der Waals surface area contributed by atoms with E-state index in [1.807, 2.05) is 6.07 Å². The van der Waals surface area contributed by atoms with Crippen LogP contribution in [0, 0.1) is 0 Å². The Hall–Kier alpha value is -0.630. The maximum atomic E-state index is 12.4. The third kappa shape index (κ3) is 2.52. The minimum Gasteiger partial charge on any atom is -0.469 e. The van der Waals surface area contributed by atoms with E-state index in [1.54, 1.807) is 17.7 Å². The van der Waals surface area contributed by atoms with Gasteiger partial charge in [-0.3, -0.25) is 0 Å². The summed E-state index contributed by atoms with van der Waals surface area (Å²) in [4.78, 5) is 0. The van der Waals surface area contributed by atoms with E-state index in [1.165, 1.54) is 11.3 Å². The van der Waals surface area contributed by atoms with Crippen molar-refractivity contribution in [3.8, 4) is 0 Å². The van der Waals surface area contributed by atoms with E-state index in [0.717, 1.165) is 30.6 Å². The van der Waals surface area contributed by atoms with Gasteiger partial charge in [-0.1, -0.05) is 0 Å². The van der Waals surface area contributed by atoms with Crippen LogP contribution in [0.4, 0.5) is 0 Å². The highest BCUT2D eigenvalue weighted by Crippen LogP contribution is 2.34. The van der Waals surface area contributed by atoms with Crippen molar-refractivity contribution in [3.05, 3.63) is 39.6 Å².